The third-order valence-corrected chi connectivity index (χ3v) is 3.70. The number of carbonyl (C=O) groups excluding carboxylic acids is 1. The lowest BCUT2D eigenvalue weighted by molar-refractivity contribution is 0.0947. The van der Waals surface area contributed by atoms with Gasteiger partial charge in [-0.25, -0.2) is 0 Å². The fourth-order valence-corrected chi connectivity index (χ4v) is 2.34. The maximum absolute atomic E-state index is 11.8. The minimum Gasteiger partial charge on any atom is -0.372 e. The third-order valence-electron chi connectivity index (χ3n) is 3.70. The summed E-state index contributed by atoms with van der Waals surface area (Å²) in [6.07, 6.45) is 0.891. The second-order valence-electron chi connectivity index (χ2n) is 5.40. The van der Waals surface area contributed by atoms with Gasteiger partial charge in [0.1, 0.15) is 0 Å². The topological polar surface area (TPSA) is 70.2 Å². The number of aromatic nitrogens is 2. The van der Waals surface area contributed by atoms with Gasteiger partial charge in [0.05, 0.1) is 0 Å². The number of rotatable bonds is 8. The second kappa shape index (κ2) is 8.86. The Morgan fingerprint density at radius 2 is 1.71 bits per heavy atom. The number of nitrogens with one attached hydrogen (secondary N) is 2. The van der Waals surface area contributed by atoms with Crippen LogP contribution in [-0.2, 0) is 0 Å². The predicted molar refractivity (Wildman–Crippen MR) is 97.9 cm³/mol. The lowest BCUT2D eigenvalue weighted by atomic mass is 10.2. The summed E-state index contributed by atoms with van der Waals surface area (Å²) in [5.74, 6) is 0.414. The first kappa shape index (κ1) is 17.7. The molecule has 2 N–H and O–H groups in total. The van der Waals surface area contributed by atoms with Crippen molar-refractivity contribution in [3.8, 4) is 0 Å². The zero-order chi connectivity index (χ0) is 17.4. The van der Waals surface area contributed by atoms with E-state index in [4.69, 9.17) is 0 Å². The lowest BCUT2D eigenvalue weighted by Gasteiger charge is -2.21. The molecule has 0 fully saturated rings. The van der Waals surface area contributed by atoms with Crippen molar-refractivity contribution in [1.29, 1.82) is 0 Å². The standard InChI is InChI=1S/C18H25N5O/c1-4-13-19-18(24)16-11-12-17(22-21-16)20-14-7-9-15(10-8-14)23(5-2)6-3/h7-12H,4-6,13H2,1-3H3,(H,19,24)(H,20,22). The van der Waals surface area contributed by atoms with E-state index in [1.807, 2.05) is 19.1 Å². The lowest BCUT2D eigenvalue weighted by Crippen LogP contribution is -2.25. The molecule has 0 atom stereocenters. The number of nitrogens with zero attached hydrogens (tertiary/aromatic N) is 3. The van der Waals surface area contributed by atoms with Gasteiger partial charge in [-0.2, -0.15) is 0 Å². The molecule has 6 heteroatoms. The Bertz CT molecular complexity index is 635. The molecule has 6 nitrogen and oxygen atoms in total. The molecule has 1 aromatic carbocycles. The van der Waals surface area contributed by atoms with E-state index < -0.39 is 0 Å². The van der Waals surface area contributed by atoms with Crippen LogP contribution < -0.4 is 15.5 Å². The van der Waals surface area contributed by atoms with Crippen molar-refractivity contribution in [2.24, 2.45) is 0 Å². The van der Waals surface area contributed by atoms with E-state index in [0.717, 1.165) is 25.2 Å². The van der Waals surface area contributed by atoms with Gasteiger partial charge in [0.2, 0.25) is 0 Å². The molecule has 0 aliphatic carbocycles. The van der Waals surface area contributed by atoms with Gasteiger partial charge in [0, 0.05) is 31.0 Å². The number of amides is 1. The highest BCUT2D eigenvalue weighted by atomic mass is 16.1. The van der Waals surface area contributed by atoms with Crippen LogP contribution in [0.2, 0.25) is 0 Å². The third kappa shape index (κ3) is 4.68. The summed E-state index contributed by atoms with van der Waals surface area (Å²) in [5, 5.41) is 14.0. The van der Waals surface area contributed by atoms with Gasteiger partial charge in [-0.15, -0.1) is 10.2 Å². The SMILES string of the molecule is CCCNC(=O)c1ccc(Nc2ccc(N(CC)CC)cc2)nn1. The summed E-state index contributed by atoms with van der Waals surface area (Å²) in [4.78, 5) is 14.1. The van der Waals surface area contributed by atoms with E-state index in [9.17, 15) is 4.79 Å². The Balaban J connectivity index is 1.99. The first-order chi connectivity index (χ1) is 11.7. The molecule has 1 heterocycles. The molecule has 0 aliphatic rings. The fraction of sp³-hybridized carbons (Fsp3) is 0.389. The molecule has 2 aromatic rings. The van der Waals surface area contributed by atoms with Crippen LogP contribution in [0.25, 0.3) is 0 Å². The van der Waals surface area contributed by atoms with E-state index in [1.54, 1.807) is 12.1 Å². The zero-order valence-corrected chi connectivity index (χ0v) is 14.5. The van der Waals surface area contributed by atoms with Crippen molar-refractivity contribution in [3.05, 3.63) is 42.1 Å². The van der Waals surface area contributed by atoms with Crippen molar-refractivity contribution in [2.45, 2.75) is 27.2 Å². The minimum atomic E-state index is -0.195. The number of hydrogen-bond donors (Lipinski definition) is 2. The quantitative estimate of drug-likeness (QED) is 0.779. The highest BCUT2D eigenvalue weighted by Crippen LogP contribution is 2.20. The molecule has 0 saturated carbocycles. The average molecular weight is 327 g/mol. The molecular formula is C18H25N5O. The van der Waals surface area contributed by atoms with Gasteiger partial charge in [-0.3, -0.25) is 4.79 Å². The Morgan fingerprint density at radius 1 is 1.00 bits per heavy atom. The van der Waals surface area contributed by atoms with Gasteiger partial charge in [0.25, 0.3) is 5.91 Å². The van der Waals surface area contributed by atoms with Gasteiger partial charge in [-0.1, -0.05) is 6.92 Å². The van der Waals surface area contributed by atoms with Crippen LogP contribution in [0.4, 0.5) is 17.2 Å². The molecule has 1 amide bonds. The molecule has 1 aromatic heterocycles. The van der Waals surface area contributed by atoms with Crippen molar-refractivity contribution >= 4 is 23.1 Å². The first-order valence-corrected chi connectivity index (χ1v) is 8.41. The number of hydrogen-bond acceptors (Lipinski definition) is 5. The van der Waals surface area contributed by atoms with Gasteiger partial charge >= 0.3 is 0 Å². The molecule has 0 spiro atoms. The van der Waals surface area contributed by atoms with Crippen molar-refractivity contribution in [3.63, 3.8) is 0 Å². The van der Waals surface area contributed by atoms with Crippen LogP contribution in [0.1, 0.15) is 37.7 Å². The normalized spacial score (nSPS) is 10.3. The molecular weight excluding hydrogens is 302 g/mol. The zero-order valence-electron chi connectivity index (χ0n) is 14.5. The van der Waals surface area contributed by atoms with Crippen molar-refractivity contribution < 1.29 is 4.79 Å². The molecule has 0 bridgehead atoms. The van der Waals surface area contributed by atoms with E-state index >= 15 is 0 Å². The largest absolute Gasteiger partial charge is 0.372 e. The summed E-state index contributed by atoms with van der Waals surface area (Å²) >= 11 is 0. The highest BCUT2D eigenvalue weighted by molar-refractivity contribution is 5.92. The molecule has 0 aliphatic heterocycles. The smallest absolute Gasteiger partial charge is 0.271 e. The maximum atomic E-state index is 11.8. The minimum absolute atomic E-state index is 0.195. The summed E-state index contributed by atoms with van der Waals surface area (Å²) in [6.45, 7) is 8.89. The Labute approximate surface area is 143 Å². The predicted octanol–water partition coefficient (Wildman–Crippen LogP) is 3.21. The Kier molecular flexibility index (Phi) is 6.54. The van der Waals surface area contributed by atoms with E-state index in [-0.39, 0.29) is 5.91 Å². The summed E-state index contributed by atoms with van der Waals surface area (Å²) in [6, 6.07) is 11.6. The number of carbonyl (C=O) groups is 1. The fourth-order valence-electron chi connectivity index (χ4n) is 2.34. The van der Waals surface area contributed by atoms with Crippen molar-refractivity contribution in [2.75, 3.05) is 29.9 Å². The summed E-state index contributed by atoms with van der Waals surface area (Å²) in [7, 11) is 0. The Morgan fingerprint density at radius 3 is 2.25 bits per heavy atom. The van der Waals surface area contributed by atoms with E-state index in [2.05, 4.69) is 51.7 Å². The highest BCUT2D eigenvalue weighted by Gasteiger charge is 2.07. The van der Waals surface area contributed by atoms with Crippen LogP contribution in [0, 0.1) is 0 Å². The van der Waals surface area contributed by atoms with Crippen LogP contribution in [0.15, 0.2) is 36.4 Å². The first-order valence-electron chi connectivity index (χ1n) is 8.41. The van der Waals surface area contributed by atoms with Crippen LogP contribution in [-0.4, -0.2) is 35.7 Å². The Hall–Kier alpha value is -2.63. The van der Waals surface area contributed by atoms with Crippen LogP contribution in [0.5, 0.6) is 0 Å². The van der Waals surface area contributed by atoms with Crippen LogP contribution in [0.3, 0.4) is 0 Å². The second-order valence-corrected chi connectivity index (χ2v) is 5.40. The molecule has 24 heavy (non-hydrogen) atoms. The van der Waals surface area contributed by atoms with Gasteiger partial charge in [0.15, 0.2) is 11.5 Å². The van der Waals surface area contributed by atoms with Gasteiger partial charge in [-0.05, 0) is 56.7 Å². The van der Waals surface area contributed by atoms with E-state index in [1.165, 1.54) is 5.69 Å². The molecule has 0 unspecified atom stereocenters. The van der Waals surface area contributed by atoms with Crippen molar-refractivity contribution in [1.82, 2.24) is 15.5 Å². The van der Waals surface area contributed by atoms with E-state index in [0.29, 0.717) is 18.1 Å². The summed E-state index contributed by atoms with van der Waals surface area (Å²) < 4.78 is 0. The number of benzene rings is 1. The molecule has 128 valence electrons. The molecule has 2 rings (SSSR count). The molecule has 0 saturated heterocycles. The average Bonchev–Trinajstić information content (AvgIpc) is 2.62. The monoisotopic (exact) mass is 327 g/mol. The number of anilines is 3. The molecule has 0 radical (unpaired) electrons. The van der Waals surface area contributed by atoms with Gasteiger partial charge < -0.3 is 15.5 Å². The maximum Gasteiger partial charge on any atom is 0.271 e. The summed E-state index contributed by atoms with van der Waals surface area (Å²) in [5.41, 5.74) is 2.45. The van der Waals surface area contributed by atoms with Crippen LogP contribution >= 0.6 is 0 Å².